The van der Waals surface area contributed by atoms with Gasteiger partial charge in [0.2, 0.25) is 0 Å². The quantitative estimate of drug-likeness (QED) is 0.0848. The van der Waals surface area contributed by atoms with Crippen LogP contribution in [0.5, 0.6) is 11.5 Å². The molecule has 0 radical (unpaired) electrons. The van der Waals surface area contributed by atoms with Crippen molar-refractivity contribution < 1.29 is 71.4 Å². The van der Waals surface area contributed by atoms with Crippen LogP contribution in [0.1, 0.15) is 66.0 Å². The number of fused-ring (bicyclic) bond motifs is 4. The van der Waals surface area contributed by atoms with E-state index < -0.39 is 100 Å². The lowest BCUT2D eigenvalue weighted by atomic mass is 9.44. The Bertz CT molecular complexity index is 2410. The zero-order chi connectivity index (χ0) is 45.8. The van der Waals surface area contributed by atoms with E-state index in [1.807, 2.05) is 60.7 Å². The molecule has 8 rings (SSSR count). The van der Waals surface area contributed by atoms with Crippen LogP contribution in [0.4, 0.5) is 4.79 Å². The molecule has 15 heteroatoms. The summed E-state index contributed by atoms with van der Waals surface area (Å²) in [6.45, 7) is 9.75. The number of Topliss-reactive ketones (excluding diaryl/α,β-unsaturated/α-hetero) is 1. The van der Waals surface area contributed by atoms with Crippen molar-refractivity contribution in [1.82, 2.24) is 0 Å². The van der Waals surface area contributed by atoms with Crippen molar-refractivity contribution in [3.05, 3.63) is 113 Å². The summed E-state index contributed by atoms with van der Waals surface area (Å²) in [6, 6.07) is 25.4. The van der Waals surface area contributed by atoms with Gasteiger partial charge in [-0.1, -0.05) is 74.5 Å². The van der Waals surface area contributed by atoms with Crippen molar-refractivity contribution >= 4 is 41.9 Å². The fraction of sp³-hybridized carbons (Fsp3) is 0.429. The molecule has 2 bridgehead atoms. The van der Waals surface area contributed by atoms with Crippen molar-refractivity contribution in [3.63, 3.8) is 0 Å². The second-order valence-corrected chi connectivity index (χ2v) is 17.6. The van der Waals surface area contributed by atoms with Crippen LogP contribution < -0.4 is 4.74 Å². The average molecular weight is 879 g/mol. The topological polar surface area (TPSA) is 185 Å². The van der Waals surface area contributed by atoms with Gasteiger partial charge in [-0.15, -0.1) is 0 Å². The van der Waals surface area contributed by atoms with E-state index in [0.29, 0.717) is 22.6 Å². The van der Waals surface area contributed by atoms with E-state index in [4.69, 9.17) is 42.6 Å². The van der Waals surface area contributed by atoms with Crippen molar-refractivity contribution in [2.24, 2.45) is 16.7 Å². The minimum atomic E-state index is -2.01. The molecule has 0 aromatic heterocycles. The summed E-state index contributed by atoms with van der Waals surface area (Å²) in [4.78, 5) is 83.3. The number of carbonyl (C=O) groups is 6. The molecule has 0 amide bonds. The molecule has 2 saturated carbocycles. The Labute approximate surface area is 369 Å². The first-order chi connectivity index (χ1) is 30.4. The summed E-state index contributed by atoms with van der Waals surface area (Å²) in [6.07, 6.45) is -6.79. The largest absolute Gasteiger partial charge is 0.509 e. The maximum Gasteiger partial charge on any atom is 0.509 e. The number of para-hydroxylation sites is 1. The van der Waals surface area contributed by atoms with E-state index in [2.05, 4.69) is 0 Å². The van der Waals surface area contributed by atoms with E-state index >= 15 is 4.79 Å². The van der Waals surface area contributed by atoms with Gasteiger partial charge in [0.05, 0.1) is 24.5 Å². The second kappa shape index (κ2) is 16.7. The molecule has 0 N–H and O–H groups in total. The zero-order valence-electron chi connectivity index (χ0n) is 36.5. The molecule has 4 fully saturated rings. The SMILES string of the molecule is CC(=O)O[C@H]1C(=O)[C@]2(C)[C@@H](OC(=O)/C=C/c3ccc(Oc4ccccc4)cc3)C[C@H]3OC[C@@]3(OC(C)=O)[C@H]2[C@H](OCc2ccccc2)[C@]23OC(=O)O[C@H]2[C@H](OC(C)=O)C(C)=C1C3(C)C. The van der Waals surface area contributed by atoms with E-state index in [1.165, 1.54) is 19.9 Å². The molecule has 5 aliphatic rings. The molecule has 2 aliphatic heterocycles. The summed E-state index contributed by atoms with van der Waals surface area (Å²) < 4.78 is 56.1. The minimum Gasteiger partial charge on any atom is -0.458 e. The van der Waals surface area contributed by atoms with Crippen molar-refractivity contribution in [1.29, 1.82) is 0 Å². The highest BCUT2D eigenvalue weighted by Gasteiger charge is 2.83. The number of benzene rings is 3. The Morgan fingerprint density at radius 1 is 0.797 bits per heavy atom. The number of rotatable bonds is 11. The molecule has 10 atom stereocenters. The van der Waals surface area contributed by atoms with Gasteiger partial charge < -0.3 is 42.6 Å². The van der Waals surface area contributed by atoms with Gasteiger partial charge in [0.1, 0.15) is 29.8 Å². The summed E-state index contributed by atoms with van der Waals surface area (Å²) in [5.74, 6) is -3.98. The van der Waals surface area contributed by atoms with Crippen molar-refractivity contribution in [3.8, 4) is 11.5 Å². The lowest BCUT2D eigenvalue weighted by Crippen LogP contribution is -2.83. The maximum atomic E-state index is 16.0. The molecular formula is C49H50O15. The molecule has 0 unspecified atom stereocenters. The number of hydrogen-bond donors (Lipinski definition) is 0. The van der Waals surface area contributed by atoms with Crippen molar-refractivity contribution in [2.75, 3.05) is 6.61 Å². The summed E-state index contributed by atoms with van der Waals surface area (Å²) in [7, 11) is 0. The number of esters is 4. The first-order valence-electron chi connectivity index (χ1n) is 21.1. The number of carbonyl (C=O) groups excluding carboxylic acids is 6. The standard InChI is InChI=1S/C49H50O15/c1-27-38-40(59-29(3)51)42(54)47(7)35(61-37(53)23-20-31-18-21-34(22-19-31)60-33-16-12-9-13-17-33)24-36-48(26-57-36,63-30(4)52)41(47)44(56-25-32-14-10-8-11-15-32)49(46(38,5)6)43(62-45(55)64-49)39(27)58-28(2)50/h8-23,35-36,39-41,43-44H,24-26H2,1-7H3/b23-20+/t35-,36+,39+,40+,41-,43-,44-,47+,48-,49+/m0/s1. The Balaban J connectivity index is 1.29. The first-order valence-corrected chi connectivity index (χ1v) is 21.1. The fourth-order valence-electron chi connectivity index (χ4n) is 10.8. The van der Waals surface area contributed by atoms with Crippen LogP contribution >= 0.6 is 0 Å². The maximum absolute atomic E-state index is 16.0. The highest BCUT2D eigenvalue weighted by molar-refractivity contribution is 5.96. The molecule has 2 heterocycles. The second-order valence-electron chi connectivity index (χ2n) is 17.6. The minimum absolute atomic E-state index is 0.123. The van der Waals surface area contributed by atoms with E-state index in [9.17, 15) is 24.0 Å². The molecule has 1 spiro atoms. The normalized spacial score (nSPS) is 32.2. The van der Waals surface area contributed by atoms with Crippen LogP contribution in [0.2, 0.25) is 0 Å². The average Bonchev–Trinajstić information content (AvgIpc) is 3.61. The highest BCUT2D eigenvalue weighted by atomic mass is 16.8. The van der Waals surface area contributed by atoms with E-state index in [1.54, 1.807) is 58.0 Å². The molecule has 3 aromatic carbocycles. The zero-order valence-corrected chi connectivity index (χ0v) is 36.5. The third-order valence-corrected chi connectivity index (χ3v) is 13.5. The lowest BCUT2D eigenvalue weighted by Gasteiger charge is -2.67. The van der Waals surface area contributed by atoms with Gasteiger partial charge in [0.25, 0.3) is 0 Å². The first kappa shape index (κ1) is 44.3. The monoisotopic (exact) mass is 878 g/mol. The van der Waals surface area contributed by atoms with Crippen LogP contribution in [0.15, 0.2) is 102 Å². The van der Waals surface area contributed by atoms with Crippen LogP contribution in [0, 0.1) is 16.7 Å². The molecule has 336 valence electrons. The predicted octanol–water partition coefficient (Wildman–Crippen LogP) is 6.79. The lowest BCUT2D eigenvalue weighted by molar-refractivity contribution is -0.351. The summed E-state index contributed by atoms with van der Waals surface area (Å²) >= 11 is 0. The Morgan fingerprint density at radius 3 is 2.05 bits per heavy atom. The number of hydrogen-bond acceptors (Lipinski definition) is 15. The summed E-state index contributed by atoms with van der Waals surface area (Å²) in [5, 5.41) is 0. The van der Waals surface area contributed by atoms with Crippen molar-refractivity contribution in [2.45, 2.75) is 109 Å². The van der Waals surface area contributed by atoms with Gasteiger partial charge in [-0.3, -0.25) is 19.2 Å². The van der Waals surface area contributed by atoms with Gasteiger partial charge in [0, 0.05) is 38.7 Å². The Hall–Kier alpha value is -6.32. The smallest absolute Gasteiger partial charge is 0.458 e. The molecule has 3 aliphatic carbocycles. The fourth-order valence-corrected chi connectivity index (χ4v) is 10.8. The molecular weight excluding hydrogens is 829 g/mol. The number of ether oxygens (including phenoxy) is 9. The van der Waals surface area contributed by atoms with Crippen LogP contribution in [0.3, 0.4) is 0 Å². The predicted molar refractivity (Wildman–Crippen MR) is 224 cm³/mol. The van der Waals surface area contributed by atoms with Gasteiger partial charge >= 0.3 is 30.0 Å². The van der Waals surface area contributed by atoms with E-state index in [0.717, 1.165) is 6.92 Å². The van der Waals surface area contributed by atoms with Crippen LogP contribution in [0.25, 0.3) is 6.08 Å². The third-order valence-electron chi connectivity index (χ3n) is 13.5. The Morgan fingerprint density at radius 2 is 1.44 bits per heavy atom. The van der Waals surface area contributed by atoms with Gasteiger partial charge in [-0.05, 0) is 66.5 Å². The number of ketones is 1. The van der Waals surface area contributed by atoms with E-state index in [-0.39, 0.29) is 30.8 Å². The third kappa shape index (κ3) is 7.33. The van der Waals surface area contributed by atoms with Crippen LogP contribution in [-0.2, 0) is 68.5 Å². The molecule has 64 heavy (non-hydrogen) atoms. The van der Waals surface area contributed by atoms with Crippen LogP contribution in [-0.4, -0.2) is 90.2 Å². The van der Waals surface area contributed by atoms with Gasteiger partial charge in [0.15, 0.2) is 35.3 Å². The van der Waals surface area contributed by atoms with Gasteiger partial charge in [-0.25, -0.2) is 9.59 Å². The molecule has 2 saturated heterocycles. The Kier molecular flexibility index (Phi) is 11.5. The van der Waals surface area contributed by atoms with Gasteiger partial charge in [-0.2, -0.15) is 0 Å². The molecule has 15 nitrogen and oxygen atoms in total. The molecule has 3 aromatic rings. The highest BCUT2D eigenvalue weighted by Crippen LogP contribution is 2.67. The summed E-state index contributed by atoms with van der Waals surface area (Å²) in [5.41, 5.74) is -5.37.